The zero-order valence-electron chi connectivity index (χ0n) is 10.4. The molecule has 1 saturated carbocycles. The van der Waals surface area contributed by atoms with E-state index in [2.05, 4.69) is 32.2 Å². The van der Waals surface area contributed by atoms with Gasteiger partial charge >= 0.3 is 0 Å². The lowest BCUT2D eigenvalue weighted by Gasteiger charge is -2.16. The maximum Gasteiger partial charge on any atom is 0.0455 e. The summed E-state index contributed by atoms with van der Waals surface area (Å²) in [7, 11) is 0. The Hall–Kier alpha value is -0.380. The molecule has 1 aromatic heterocycles. The fraction of sp³-hybridized carbons (Fsp3) is 0.692. The Labute approximate surface area is 102 Å². The molecule has 0 radical (unpaired) electrons. The molecule has 0 amide bonds. The van der Waals surface area contributed by atoms with E-state index in [0.29, 0.717) is 12.6 Å². The van der Waals surface area contributed by atoms with Crippen LogP contribution >= 0.6 is 11.3 Å². The van der Waals surface area contributed by atoms with E-state index in [1.54, 1.807) is 0 Å². The molecule has 3 N–H and O–H groups in total. The molecule has 1 fully saturated rings. The van der Waals surface area contributed by atoms with Crippen LogP contribution in [0.4, 0.5) is 0 Å². The summed E-state index contributed by atoms with van der Waals surface area (Å²) in [5.74, 6) is 1.80. The molecule has 2 rings (SSSR count). The standard InChI is InChI=1S/C13H22N2S/c1-8-4-11(8)7-15-13(6-14)12-5-9(2)16-10(12)3/h5,8,11,13,15H,4,6-7,14H2,1-3H3. The predicted octanol–water partition coefficient (Wildman–Crippen LogP) is 2.61. The van der Waals surface area contributed by atoms with Crippen molar-refractivity contribution in [2.75, 3.05) is 13.1 Å². The lowest BCUT2D eigenvalue weighted by Crippen LogP contribution is -2.30. The van der Waals surface area contributed by atoms with Crippen LogP contribution in [0.1, 0.15) is 34.7 Å². The summed E-state index contributed by atoms with van der Waals surface area (Å²) in [4.78, 5) is 2.79. The smallest absolute Gasteiger partial charge is 0.0455 e. The molecule has 1 aromatic rings. The highest BCUT2D eigenvalue weighted by Crippen LogP contribution is 2.37. The second-order valence-corrected chi connectivity index (χ2v) is 6.50. The zero-order valence-corrected chi connectivity index (χ0v) is 11.2. The minimum Gasteiger partial charge on any atom is -0.329 e. The van der Waals surface area contributed by atoms with Gasteiger partial charge in [-0.25, -0.2) is 0 Å². The molecule has 3 unspecified atom stereocenters. The van der Waals surface area contributed by atoms with Gasteiger partial charge in [0.1, 0.15) is 0 Å². The Bertz CT molecular complexity index is 359. The maximum absolute atomic E-state index is 5.87. The number of thiophene rings is 1. The number of aryl methyl sites for hydroxylation is 2. The quantitative estimate of drug-likeness (QED) is 0.827. The SMILES string of the molecule is Cc1cc(C(CN)NCC2CC2C)c(C)s1. The number of hydrogen-bond acceptors (Lipinski definition) is 3. The van der Waals surface area contributed by atoms with Crippen LogP contribution in [-0.2, 0) is 0 Å². The Morgan fingerprint density at radius 2 is 2.25 bits per heavy atom. The zero-order chi connectivity index (χ0) is 11.7. The second-order valence-electron chi connectivity index (χ2n) is 5.04. The summed E-state index contributed by atoms with van der Waals surface area (Å²) in [5.41, 5.74) is 7.27. The first-order valence-corrected chi connectivity index (χ1v) is 6.93. The molecular formula is C13H22N2S. The van der Waals surface area contributed by atoms with Gasteiger partial charge in [0.25, 0.3) is 0 Å². The van der Waals surface area contributed by atoms with Crippen LogP contribution in [0.3, 0.4) is 0 Å². The second kappa shape index (κ2) is 4.86. The third-order valence-corrected chi connectivity index (χ3v) is 4.57. The molecule has 1 aliphatic carbocycles. The minimum atomic E-state index is 0.345. The van der Waals surface area contributed by atoms with E-state index in [1.807, 2.05) is 11.3 Å². The van der Waals surface area contributed by atoms with Crippen molar-refractivity contribution in [2.24, 2.45) is 17.6 Å². The summed E-state index contributed by atoms with van der Waals surface area (Å²) in [5, 5.41) is 3.61. The third-order valence-electron chi connectivity index (χ3n) is 3.59. The average Bonchev–Trinajstić information content (AvgIpc) is 2.83. The van der Waals surface area contributed by atoms with Crippen LogP contribution in [-0.4, -0.2) is 13.1 Å². The van der Waals surface area contributed by atoms with Crippen molar-refractivity contribution in [3.63, 3.8) is 0 Å². The van der Waals surface area contributed by atoms with Gasteiger partial charge in [0, 0.05) is 22.3 Å². The highest BCUT2D eigenvalue weighted by atomic mass is 32.1. The Kier molecular flexibility index (Phi) is 3.67. The topological polar surface area (TPSA) is 38.0 Å². The highest BCUT2D eigenvalue weighted by Gasteiger charge is 2.32. The number of rotatable bonds is 5. The molecule has 0 spiro atoms. The first kappa shape index (κ1) is 12.1. The Morgan fingerprint density at radius 3 is 2.69 bits per heavy atom. The van der Waals surface area contributed by atoms with E-state index >= 15 is 0 Å². The fourth-order valence-electron chi connectivity index (χ4n) is 2.29. The van der Waals surface area contributed by atoms with Crippen LogP contribution in [0, 0.1) is 25.7 Å². The van der Waals surface area contributed by atoms with Crippen molar-refractivity contribution in [1.29, 1.82) is 0 Å². The number of nitrogens with two attached hydrogens (primary N) is 1. The lowest BCUT2D eigenvalue weighted by atomic mass is 10.1. The minimum absolute atomic E-state index is 0.345. The van der Waals surface area contributed by atoms with Gasteiger partial charge in [-0.2, -0.15) is 0 Å². The van der Waals surface area contributed by atoms with E-state index in [-0.39, 0.29) is 0 Å². The van der Waals surface area contributed by atoms with Crippen molar-refractivity contribution in [2.45, 2.75) is 33.2 Å². The van der Waals surface area contributed by atoms with Gasteiger partial charge in [-0.05, 0) is 50.3 Å². The number of hydrogen-bond donors (Lipinski definition) is 2. The van der Waals surface area contributed by atoms with Crippen LogP contribution < -0.4 is 11.1 Å². The van der Waals surface area contributed by atoms with Crippen molar-refractivity contribution in [3.05, 3.63) is 21.4 Å². The van der Waals surface area contributed by atoms with Crippen LogP contribution in [0.15, 0.2) is 6.07 Å². The van der Waals surface area contributed by atoms with Crippen molar-refractivity contribution < 1.29 is 0 Å². The van der Waals surface area contributed by atoms with Crippen molar-refractivity contribution in [3.8, 4) is 0 Å². The monoisotopic (exact) mass is 238 g/mol. The summed E-state index contributed by atoms with van der Waals surface area (Å²) in [6, 6.07) is 2.62. The van der Waals surface area contributed by atoms with Gasteiger partial charge in [-0.3, -0.25) is 0 Å². The summed E-state index contributed by atoms with van der Waals surface area (Å²) >= 11 is 1.87. The predicted molar refractivity (Wildman–Crippen MR) is 70.9 cm³/mol. The van der Waals surface area contributed by atoms with Gasteiger partial charge in [-0.15, -0.1) is 11.3 Å². The van der Waals surface area contributed by atoms with E-state index in [0.717, 1.165) is 18.4 Å². The maximum atomic E-state index is 5.87. The molecular weight excluding hydrogens is 216 g/mol. The summed E-state index contributed by atoms with van der Waals surface area (Å²) in [6.45, 7) is 8.49. The van der Waals surface area contributed by atoms with E-state index in [9.17, 15) is 0 Å². The van der Waals surface area contributed by atoms with Crippen molar-refractivity contribution in [1.82, 2.24) is 5.32 Å². The van der Waals surface area contributed by atoms with Gasteiger partial charge in [0.15, 0.2) is 0 Å². The van der Waals surface area contributed by atoms with Crippen LogP contribution in [0.2, 0.25) is 0 Å². The summed E-state index contributed by atoms with van der Waals surface area (Å²) < 4.78 is 0. The largest absolute Gasteiger partial charge is 0.329 e. The number of nitrogens with one attached hydrogen (secondary N) is 1. The van der Waals surface area contributed by atoms with E-state index < -0.39 is 0 Å². The van der Waals surface area contributed by atoms with Gasteiger partial charge in [0.2, 0.25) is 0 Å². The van der Waals surface area contributed by atoms with E-state index in [4.69, 9.17) is 5.73 Å². The molecule has 2 nitrogen and oxygen atoms in total. The molecule has 3 heteroatoms. The van der Waals surface area contributed by atoms with Crippen molar-refractivity contribution >= 4 is 11.3 Å². The molecule has 3 atom stereocenters. The molecule has 90 valence electrons. The molecule has 0 saturated heterocycles. The lowest BCUT2D eigenvalue weighted by molar-refractivity contribution is 0.511. The Balaban J connectivity index is 1.96. The van der Waals surface area contributed by atoms with Crippen LogP contribution in [0.5, 0.6) is 0 Å². The van der Waals surface area contributed by atoms with Gasteiger partial charge < -0.3 is 11.1 Å². The molecule has 0 aromatic carbocycles. The van der Waals surface area contributed by atoms with Gasteiger partial charge in [0.05, 0.1) is 0 Å². The molecule has 0 aliphatic heterocycles. The first-order valence-electron chi connectivity index (χ1n) is 6.12. The average molecular weight is 238 g/mol. The van der Waals surface area contributed by atoms with E-state index in [1.165, 1.54) is 21.7 Å². The molecule has 0 bridgehead atoms. The molecule has 1 heterocycles. The fourth-order valence-corrected chi connectivity index (χ4v) is 3.28. The Morgan fingerprint density at radius 1 is 1.56 bits per heavy atom. The first-order chi connectivity index (χ1) is 7.61. The van der Waals surface area contributed by atoms with Gasteiger partial charge in [-0.1, -0.05) is 6.92 Å². The normalized spacial score (nSPS) is 25.8. The molecule has 1 aliphatic rings. The van der Waals surface area contributed by atoms with Crippen LogP contribution in [0.25, 0.3) is 0 Å². The summed E-state index contributed by atoms with van der Waals surface area (Å²) in [6.07, 6.45) is 1.38. The highest BCUT2D eigenvalue weighted by molar-refractivity contribution is 7.12. The third kappa shape index (κ3) is 2.65. The molecule has 16 heavy (non-hydrogen) atoms.